The second-order valence-electron chi connectivity index (χ2n) is 6.80. The molecule has 3 N–H and O–H groups in total. The number of hydrogen-bond donors (Lipinski definition) is 2. The molecule has 1 aromatic heterocycles. The Hall–Kier alpha value is -2.24. The van der Waals surface area contributed by atoms with Gasteiger partial charge < -0.3 is 15.6 Å². The quantitative estimate of drug-likeness (QED) is 0.721. The Balaban J connectivity index is 1.82. The van der Waals surface area contributed by atoms with Crippen LogP contribution in [0.25, 0.3) is 10.9 Å². The summed E-state index contributed by atoms with van der Waals surface area (Å²) < 4.78 is 2.14. The normalized spacial score (nSPS) is 17.5. The van der Waals surface area contributed by atoms with Crippen LogP contribution in [0.2, 0.25) is 0 Å². The van der Waals surface area contributed by atoms with E-state index in [4.69, 9.17) is 5.73 Å². The predicted molar refractivity (Wildman–Crippen MR) is 107 cm³/mol. The molecule has 0 radical (unpaired) electrons. The van der Waals surface area contributed by atoms with Gasteiger partial charge in [0.05, 0.1) is 4.90 Å². The molecule has 4 rings (SSSR count). The standard InChI is InChI=1S/C21H23N3OS/c22-21(25)19-20(26-16-8-2-1-3-9-16)17-10-4-5-11-18(17)24(19)14-15-7-6-12-23-13-15/h1-5,8-11,15,23H,6-7,12-14H2,(H2,22,25). The smallest absolute Gasteiger partial charge is 0.266 e. The summed E-state index contributed by atoms with van der Waals surface area (Å²) in [4.78, 5) is 14.5. The lowest BCUT2D eigenvalue weighted by atomic mass is 9.99. The molecule has 1 amide bonds. The third-order valence-electron chi connectivity index (χ3n) is 4.96. The molecule has 3 aromatic rings. The van der Waals surface area contributed by atoms with E-state index in [1.165, 1.54) is 12.8 Å². The number of nitrogens with one attached hydrogen (secondary N) is 1. The lowest BCUT2D eigenvalue weighted by Gasteiger charge is -2.24. The van der Waals surface area contributed by atoms with Crippen molar-refractivity contribution in [2.45, 2.75) is 29.2 Å². The Morgan fingerprint density at radius 1 is 1.15 bits per heavy atom. The van der Waals surface area contributed by atoms with Crippen LogP contribution in [-0.2, 0) is 6.54 Å². The number of carbonyl (C=O) groups excluding carboxylic acids is 1. The first-order valence-corrected chi connectivity index (χ1v) is 9.90. The molecule has 2 aromatic carbocycles. The van der Waals surface area contributed by atoms with Crippen molar-refractivity contribution >= 4 is 28.6 Å². The summed E-state index contributed by atoms with van der Waals surface area (Å²) in [6.45, 7) is 2.90. The van der Waals surface area contributed by atoms with E-state index < -0.39 is 0 Å². The van der Waals surface area contributed by atoms with E-state index in [0.717, 1.165) is 40.3 Å². The molecule has 0 bridgehead atoms. The maximum absolute atomic E-state index is 12.4. The largest absolute Gasteiger partial charge is 0.364 e. The van der Waals surface area contributed by atoms with Gasteiger partial charge in [0.1, 0.15) is 5.69 Å². The summed E-state index contributed by atoms with van der Waals surface area (Å²) in [7, 11) is 0. The highest BCUT2D eigenvalue weighted by molar-refractivity contribution is 7.99. The number of benzene rings is 2. The van der Waals surface area contributed by atoms with Gasteiger partial charge in [0.25, 0.3) is 5.91 Å². The molecule has 134 valence electrons. The first-order chi connectivity index (χ1) is 12.7. The summed E-state index contributed by atoms with van der Waals surface area (Å²) >= 11 is 1.62. The lowest BCUT2D eigenvalue weighted by molar-refractivity contribution is 0.0987. The summed E-state index contributed by atoms with van der Waals surface area (Å²) in [5.74, 6) is 0.163. The number of carbonyl (C=O) groups is 1. The van der Waals surface area contributed by atoms with E-state index in [1.54, 1.807) is 11.8 Å². The molecule has 1 atom stereocenters. The molecule has 26 heavy (non-hydrogen) atoms. The van der Waals surface area contributed by atoms with E-state index in [1.807, 2.05) is 30.3 Å². The van der Waals surface area contributed by atoms with Gasteiger partial charge in [-0.05, 0) is 50.0 Å². The number of nitrogens with two attached hydrogens (primary N) is 1. The molecule has 5 heteroatoms. The van der Waals surface area contributed by atoms with Gasteiger partial charge in [-0.25, -0.2) is 0 Å². The van der Waals surface area contributed by atoms with Crippen molar-refractivity contribution in [3.05, 3.63) is 60.3 Å². The van der Waals surface area contributed by atoms with Gasteiger partial charge in [-0.1, -0.05) is 48.2 Å². The van der Waals surface area contributed by atoms with Crippen LogP contribution in [0.15, 0.2) is 64.4 Å². The Bertz CT molecular complexity index is 914. The predicted octanol–water partition coefficient (Wildman–Crippen LogP) is 3.89. The van der Waals surface area contributed by atoms with Gasteiger partial charge in [-0.3, -0.25) is 4.79 Å². The van der Waals surface area contributed by atoms with Gasteiger partial charge in [-0.15, -0.1) is 0 Å². The Labute approximate surface area is 157 Å². The highest BCUT2D eigenvalue weighted by Crippen LogP contribution is 2.39. The highest BCUT2D eigenvalue weighted by atomic mass is 32.2. The second kappa shape index (κ2) is 7.56. The second-order valence-corrected chi connectivity index (χ2v) is 7.88. The number of aromatic nitrogens is 1. The van der Waals surface area contributed by atoms with Crippen LogP contribution in [0.3, 0.4) is 0 Å². The van der Waals surface area contributed by atoms with Crippen molar-refractivity contribution < 1.29 is 4.79 Å². The number of para-hydroxylation sites is 1. The minimum absolute atomic E-state index is 0.358. The minimum Gasteiger partial charge on any atom is -0.364 e. The minimum atomic E-state index is -0.358. The van der Waals surface area contributed by atoms with Gasteiger partial charge >= 0.3 is 0 Å². The summed E-state index contributed by atoms with van der Waals surface area (Å²) in [5, 5.41) is 4.56. The van der Waals surface area contributed by atoms with Crippen LogP contribution in [-0.4, -0.2) is 23.6 Å². The van der Waals surface area contributed by atoms with Crippen LogP contribution in [0, 0.1) is 5.92 Å². The fourth-order valence-electron chi connectivity index (χ4n) is 3.75. The molecule has 2 heterocycles. The maximum atomic E-state index is 12.4. The molecule has 4 nitrogen and oxygen atoms in total. The molecular weight excluding hydrogens is 342 g/mol. The molecule has 1 fully saturated rings. The molecule has 0 spiro atoms. The first kappa shape index (κ1) is 17.2. The van der Waals surface area contributed by atoms with E-state index in [2.05, 4.69) is 34.1 Å². The molecule has 0 aliphatic carbocycles. The third-order valence-corrected chi connectivity index (χ3v) is 6.09. The average molecular weight is 366 g/mol. The first-order valence-electron chi connectivity index (χ1n) is 9.08. The zero-order valence-electron chi connectivity index (χ0n) is 14.7. The van der Waals surface area contributed by atoms with Crippen LogP contribution < -0.4 is 11.1 Å². The Kier molecular flexibility index (Phi) is 5.00. The van der Waals surface area contributed by atoms with E-state index in [0.29, 0.717) is 11.6 Å². The molecule has 1 aliphatic heterocycles. The Morgan fingerprint density at radius 2 is 1.92 bits per heavy atom. The lowest BCUT2D eigenvalue weighted by Crippen LogP contribution is -2.33. The number of piperidine rings is 1. The molecule has 0 saturated carbocycles. The van der Waals surface area contributed by atoms with Crippen LogP contribution >= 0.6 is 11.8 Å². The number of hydrogen-bond acceptors (Lipinski definition) is 3. The monoisotopic (exact) mass is 365 g/mol. The number of amides is 1. The van der Waals surface area contributed by atoms with Crippen molar-refractivity contribution in [1.82, 2.24) is 9.88 Å². The maximum Gasteiger partial charge on any atom is 0.266 e. The van der Waals surface area contributed by atoms with Crippen LogP contribution in [0.5, 0.6) is 0 Å². The van der Waals surface area contributed by atoms with E-state index >= 15 is 0 Å². The van der Waals surface area contributed by atoms with Crippen molar-refractivity contribution in [2.24, 2.45) is 11.7 Å². The van der Waals surface area contributed by atoms with Crippen molar-refractivity contribution in [2.75, 3.05) is 13.1 Å². The topological polar surface area (TPSA) is 60.1 Å². The third kappa shape index (κ3) is 3.37. The number of fused-ring (bicyclic) bond motifs is 1. The number of rotatable bonds is 5. The van der Waals surface area contributed by atoms with Gasteiger partial charge in [0, 0.05) is 22.3 Å². The summed E-state index contributed by atoms with van der Waals surface area (Å²) in [6, 6.07) is 18.4. The molecular formula is C21H23N3OS. The van der Waals surface area contributed by atoms with Crippen LogP contribution in [0.1, 0.15) is 23.3 Å². The zero-order chi connectivity index (χ0) is 17.9. The SMILES string of the molecule is NC(=O)c1c(Sc2ccccc2)c2ccccc2n1CC1CCCNC1. The van der Waals surface area contributed by atoms with Gasteiger partial charge in [-0.2, -0.15) is 0 Å². The molecule has 1 saturated heterocycles. The average Bonchev–Trinajstić information content (AvgIpc) is 2.97. The fraction of sp³-hybridized carbons (Fsp3) is 0.286. The number of nitrogens with zero attached hydrogens (tertiary/aromatic N) is 1. The van der Waals surface area contributed by atoms with Gasteiger partial charge in [0.2, 0.25) is 0 Å². The molecule has 1 aliphatic rings. The summed E-state index contributed by atoms with van der Waals surface area (Å²) in [5.41, 5.74) is 7.57. The zero-order valence-corrected chi connectivity index (χ0v) is 15.5. The molecule has 1 unspecified atom stereocenters. The van der Waals surface area contributed by atoms with E-state index in [-0.39, 0.29) is 5.91 Å². The van der Waals surface area contributed by atoms with Crippen molar-refractivity contribution in [3.8, 4) is 0 Å². The summed E-state index contributed by atoms with van der Waals surface area (Å²) in [6.07, 6.45) is 2.36. The highest BCUT2D eigenvalue weighted by Gasteiger charge is 2.24. The van der Waals surface area contributed by atoms with Crippen molar-refractivity contribution in [1.29, 1.82) is 0 Å². The van der Waals surface area contributed by atoms with Crippen LogP contribution in [0.4, 0.5) is 0 Å². The van der Waals surface area contributed by atoms with Crippen molar-refractivity contribution in [3.63, 3.8) is 0 Å². The fourth-order valence-corrected chi connectivity index (χ4v) is 4.87. The van der Waals surface area contributed by atoms with E-state index in [9.17, 15) is 4.79 Å². The number of primary amides is 1. The Morgan fingerprint density at radius 3 is 2.65 bits per heavy atom. The van der Waals surface area contributed by atoms with Gasteiger partial charge in [0.15, 0.2) is 0 Å².